The molecule has 2 aromatic carbocycles. The van der Waals surface area contributed by atoms with Gasteiger partial charge < -0.3 is 33.7 Å². The number of carbonyl (C=O) groups excluding carboxylic acids is 2. The molecule has 2 heterocycles. The number of carbonyl (C=O) groups is 2. The molecule has 2 unspecified atom stereocenters. The van der Waals surface area contributed by atoms with Crippen LogP contribution in [0, 0.1) is 21.4 Å². The molecule has 220 valence electrons. The van der Waals surface area contributed by atoms with E-state index < -0.39 is 22.8 Å². The van der Waals surface area contributed by atoms with Gasteiger partial charge in [0.15, 0.2) is 0 Å². The van der Waals surface area contributed by atoms with Gasteiger partial charge in [-0.05, 0) is 36.8 Å². The van der Waals surface area contributed by atoms with E-state index in [1.54, 1.807) is 31.2 Å². The molecule has 2 aromatic rings. The maximum Gasteiger partial charge on any atom is 0.337 e. The number of epoxide rings is 1. The molecular weight excluding hydrogens is 550 g/mol. The summed E-state index contributed by atoms with van der Waals surface area (Å²) >= 11 is 0. The van der Waals surface area contributed by atoms with Crippen LogP contribution in [0.15, 0.2) is 71.1 Å². The van der Waals surface area contributed by atoms with Crippen molar-refractivity contribution >= 4 is 17.6 Å². The first-order valence-corrected chi connectivity index (χ1v) is 13.0. The first-order valence-electron chi connectivity index (χ1n) is 13.0. The Morgan fingerprint density at radius 3 is 2.38 bits per heavy atom. The van der Waals surface area contributed by atoms with Crippen molar-refractivity contribution in [2.75, 3.05) is 46.8 Å². The Kier molecular flexibility index (Phi) is 10.1. The number of ether oxygens (including phenoxy) is 6. The van der Waals surface area contributed by atoms with Gasteiger partial charge in [-0.1, -0.05) is 12.1 Å². The van der Waals surface area contributed by atoms with Crippen molar-refractivity contribution in [1.82, 2.24) is 5.32 Å². The van der Waals surface area contributed by atoms with Crippen molar-refractivity contribution in [2.24, 2.45) is 0 Å². The molecule has 2 atom stereocenters. The fraction of sp³-hybridized carbons (Fsp3) is 0.345. The summed E-state index contributed by atoms with van der Waals surface area (Å²) in [6.07, 6.45) is 0.178. The molecule has 4 rings (SSSR count). The first-order chi connectivity index (χ1) is 20.3. The van der Waals surface area contributed by atoms with Crippen LogP contribution in [0.3, 0.4) is 0 Å². The van der Waals surface area contributed by atoms with Gasteiger partial charge in [-0.2, -0.15) is 5.26 Å². The minimum Gasteiger partial charge on any atom is -0.491 e. The Morgan fingerprint density at radius 1 is 1.05 bits per heavy atom. The zero-order valence-corrected chi connectivity index (χ0v) is 23.0. The fourth-order valence-corrected chi connectivity index (χ4v) is 4.24. The maximum atomic E-state index is 13.2. The highest BCUT2D eigenvalue weighted by Gasteiger charge is 2.39. The van der Waals surface area contributed by atoms with E-state index >= 15 is 0 Å². The largest absolute Gasteiger partial charge is 0.491 e. The monoisotopic (exact) mass is 579 g/mol. The van der Waals surface area contributed by atoms with E-state index in [-0.39, 0.29) is 66.3 Å². The molecule has 1 fully saturated rings. The Hall–Kier alpha value is -4.93. The third-order valence-corrected chi connectivity index (χ3v) is 6.33. The Bertz CT molecular complexity index is 1420. The second-order valence-corrected chi connectivity index (χ2v) is 9.18. The van der Waals surface area contributed by atoms with Gasteiger partial charge >= 0.3 is 11.9 Å². The normalized spacial score (nSPS) is 17.5. The van der Waals surface area contributed by atoms with Crippen LogP contribution < -0.4 is 14.8 Å². The summed E-state index contributed by atoms with van der Waals surface area (Å²) in [6, 6.07) is 14.5. The van der Waals surface area contributed by atoms with Gasteiger partial charge in [-0.15, -0.1) is 0 Å². The Morgan fingerprint density at radius 2 is 1.74 bits per heavy atom. The van der Waals surface area contributed by atoms with E-state index in [2.05, 4.69) is 5.32 Å². The number of non-ortho nitro benzene ring substituents is 1. The Balaban J connectivity index is 1.33. The van der Waals surface area contributed by atoms with Crippen LogP contribution in [0.4, 0.5) is 5.69 Å². The second kappa shape index (κ2) is 14.1. The van der Waals surface area contributed by atoms with E-state index in [9.17, 15) is 25.0 Å². The number of allylic oxidation sites excluding steroid dienone is 2. The molecular formula is C29H29N3O10. The standard InChI is InChI=1S/C29H29N3O10/c1-18-25(26(19-4-3-5-20(14-19)32(35)36)27(28(33)37-2)24(15-30)31-18)29(34)40-13-11-38-10-12-39-21-6-8-22(9-7-21)41-16-23-17-42-23/h3-9,14,23,26,31H,10-13,16-17H2,1-2H3. The van der Waals surface area contributed by atoms with Gasteiger partial charge in [0.1, 0.15) is 49.2 Å². The van der Waals surface area contributed by atoms with Crippen molar-refractivity contribution in [3.63, 3.8) is 0 Å². The summed E-state index contributed by atoms with van der Waals surface area (Å²) in [4.78, 5) is 36.8. The van der Waals surface area contributed by atoms with Crippen molar-refractivity contribution in [3.05, 3.63) is 86.7 Å². The van der Waals surface area contributed by atoms with E-state index in [4.69, 9.17) is 28.4 Å². The van der Waals surface area contributed by atoms with Crippen LogP contribution in [-0.4, -0.2) is 69.7 Å². The number of nitro groups is 1. The summed E-state index contributed by atoms with van der Waals surface area (Å²) in [7, 11) is 1.13. The number of hydrogen-bond donors (Lipinski definition) is 1. The molecule has 0 spiro atoms. The third kappa shape index (κ3) is 7.62. The van der Waals surface area contributed by atoms with Gasteiger partial charge in [0.25, 0.3) is 5.69 Å². The lowest BCUT2D eigenvalue weighted by atomic mass is 9.80. The lowest BCUT2D eigenvalue weighted by molar-refractivity contribution is -0.384. The minimum atomic E-state index is -1.14. The number of nitro benzene ring substituents is 1. The lowest BCUT2D eigenvalue weighted by Crippen LogP contribution is -2.33. The molecule has 2 aliphatic heterocycles. The number of nitrogens with zero attached hydrogens (tertiary/aromatic N) is 2. The zero-order chi connectivity index (χ0) is 30.1. The van der Waals surface area contributed by atoms with Crippen molar-refractivity contribution in [3.8, 4) is 17.6 Å². The van der Waals surface area contributed by atoms with Gasteiger partial charge in [0.05, 0.1) is 48.9 Å². The topological polar surface area (TPSA) is 172 Å². The van der Waals surface area contributed by atoms with Crippen molar-refractivity contribution < 1.29 is 42.9 Å². The molecule has 2 aliphatic rings. The smallest absolute Gasteiger partial charge is 0.337 e. The molecule has 0 radical (unpaired) electrons. The maximum absolute atomic E-state index is 13.2. The lowest BCUT2D eigenvalue weighted by Gasteiger charge is -2.29. The highest BCUT2D eigenvalue weighted by atomic mass is 16.6. The van der Waals surface area contributed by atoms with Crippen LogP contribution >= 0.6 is 0 Å². The number of rotatable bonds is 14. The summed E-state index contributed by atoms with van der Waals surface area (Å²) in [6.45, 7) is 3.23. The average molecular weight is 580 g/mol. The van der Waals surface area contributed by atoms with Crippen molar-refractivity contribution in [1.29, 1.82) is 5.26 Å². The molecule has 13 heteroatoms. The molecule has 0 saturated carbocycles. The van der Waals surface area contributed by atoms with Gasteiger partial charge in [0, 0.05) is 17.8 Å². The summed E-state index contributed by atoms with van der Waals surface area (Å²) in [5.41, 5.74) is -0.0332. The molecule has 13 nitrogen and oxygen atoms in total. The SMILES string of the molecule is COC(=O)C1=C(C#N)NC(C)=C(C(=O)OCCOCCOc2ccc(OCC3CO3)cc2)C1c1cccc([N+](=O)[O-])c1. The van der Waals surface area contributed by atoms with Crippen LogP contribution in [0.25, 0.3) is 0 Å². The van der Waals surface area contributed by atoms with Crippen molar-refractivity contribution in [2.45, 2.75) is 18.9 Å². The van der Waals surface area contributed by atoms with Gasteiger partial charge in [0.2, 0.25) is 0 Å². The quantitative estimate of drug-likeness (QED) is 0.114. The second-order valence-electron chi connectivity index (χ2n) is 9.18. The molecule has 0 aliphatic carbocycles. The predicted molar refractivity (Wildman–Crippen MR) is 145 cm³/mol. The minimum absolute atomic E-state index is 0.00955. The Labute approximate surface area is 241 Å². The fourth-order valence-electron chi connectivity index (χ4n) is 4.24. The van der Waals surface area contributed by atoms with E-state index in [1.807, 2.05) is 6.07 Å². The summed E-state index contributed by atoms with van der Waals surface area (Å²) < 4.78 is 32.1. The number of benzene rings is 2. The number of dihydropyridines is 1. The molecule has 1 saturated heterocycles. The number of esters is 2. The number of methoxy groups -OCH3 is 1. The van der Waals surface area contributed by atoms with Crippen LogP contribution in [-0.2, 0) is 28.5 Å². The predicted octanol–water partition coefficient (Wildman–Crippen LogP) is 2.92. The van der Waals surface area contributed by atoms with Gasteiger partial charge in [-0.25, -0.2) is 9.59 Å². The number of hydrogen-bond acceptors (Lipinski definition) is 12. The van der Waals surface area contributed by atoms with Gasteiger partial charge in [-0.3, -0.25) is 10.1 Å². The molecule has 0 amide bonds. The molecule has 42 heavy (non-hydrogen) atoms. The average Bonchev–Trinajstić information content (AvgIpc) is 3.83. The zero-order valence-electron chi connectivity index (χ0n) is 23.0. The third-order valence-electron chi connectivity index (χ3n) is 6.33. The number of nitriles is 1. The molecule has 0 aromatic heterocycles. The molecule has 1 N–H and O–H groups in total. The summed E-state index contributed by atoms with van der Waals surface area (Å²) in [5, 5.41) is 23.8. The summed E-state index contributed by atoms with van der Waals surface area (Å²) in [5.74, 6) is -1.43. The number of nitrogens with one attached hydrogen (secondary N) is 1. The molecule has 0 bridgehead atoms. The highest BCUT2D eigenvalue weighted by molar-refractivity contribution is 6.00. The van der Waals surface area contributed by atoms with Crippen LogP contribution in [0.2, 0.25) is 0 Å². The van der Waals surface area contributed by atoms with E-state index in [1.165, 1.54) is 24.3 Å². The van der Waals surface area contributed by atoms with E-state index in [0.717, 1.165) is 19.5 Å². The first kappa shape index (κ1) is 30.0. The van der Waals surface area contributed by atoms with Crippen LogP contribution in [0.5, 0.6) is 11.5 Å². The highest BCUT2D eigenvalue weighted by Crippen LogP contribution is 2.40. The van der Waals surface area contributed by atoms with Crippen LogP contribution in [0.1, 0.15) is 18.4 Å². The van der Waals surface area contributed by atoms with E-state index in [0.29, 0.717) is 12.4 Å².